The summed E-state index contributed by atoms with van der Waals surface area (Å²) in [6.07, 6.45) is 0.841. The minimum Gasteiger partial charge on any atom is -0.497 e. The SMILES string of the molecule is COc1ccc(C2c3cc(OC)c(OC)cc3CCN2C(=O)NCCC(=O)Nc2ccccc2)cc1. The Morgan fingerprint density at radius 1 is 0.917 bits per heavy atom. The maximum Gasteiger partial charge on any atom is 0.318 e. The maximum absolute atomic E-state index is 13.3. The Labute approximate surface area is 211 Å². The molecule has 36 heavy (non-hydrogen) atoms. The van der Waals surface area contributed by atoms with Crippen LogP contribution in [0.15, 0.2) is 66.7 Å². The van der Waals surface area contributed by atoms with Gasteiger partial charge in [-0.15, -0.1) is 0 Å². The van der Waals surface area contributed by atoms with E-state index in [0.717, 1.165) is 28.1 Å². The summed E-state index contributed by atoms with van der Waals surface area (Å²) < 4.78 is 16.4. The zero-order valence-electron chi connectivity index (χ0n) is 20.7. The molecule has 0 radical (unpaired) electrons. The zero-order chi connectivity index (χ0) is 25.5. The first-order valence-electron chi connectivity index (χ1n) is 11.8. The number of urea groups is 1. The number of methoxy groups -OCH3 is 3. The van der Waals surface area contributed by atoms with Gasteiger partial charge >= 0.3 is 6.03 Å². The highest BCUT2D eigenvalue weighted by Crippen LogP contribution is 2.41. The molecule has 1 heterocycles. The highest BCUT2D eigenvalue weighted by atomic mass is 16.5. The van der Waals surface area contributed by atoms with Crippen molar-refractivity contribution < 1.29 is 23.8 Å². The van der Waals surface area contributed by atoms with Gasteiger partial charge in [-0.25, -0.2) is 4.79 Å². The third-order valence-corrected chi connectivity index (χ3v) is 6.25. The molecule has 3 aromatic carbocycles. The van der Waals surface area contributed by atoms with Crippen LogP contribution in [0.5, 0.6) is 17.2 Å². The average Bonchev–Trinajstić information content (AvgIpc) is 2.92. The van der Waals surface area contributed by atoms with E-state index in [1.807, 2.05) is 66.7 Å². The van der Waals surface area contributed by atoms with Gasteiger partial charge in [-0.05, 0) is 59.5 Å². The summed E-state index contributed by atoms with van der Waals surface area (Å²) in [6, 6.07) is 20.3. The molecule has 0 aliphatic carbocycles. The highest BCUT2D eigenvalue weighted by molar-refractivity contribution is 5.91. The van der Waals surface area contributed by atoms with Crippen LogP contribution in [0.3, 0.4) is 0 Å². The first kappa shape index (κ1) is 24.9. The molecular formula is C28H31N3O5. The number of anilines is 1. The summed E-state index contributed by atoms with van der Waals surface area (Å²) in [5.74, 6) is 1.85. The standard InChI is InChI=1S/C28H31N3O5/c1-34-22-11-9-19(10-12-22)27-23-18-25(36-3)24(35-2)17-20(23)14-16-31(27)28(33)29-15-13-26(32)30-21-7-5-4-6-8-21/h4-12,17-18,27H,13-16H2,1-3H3,(H,29,33)(H,30,32). The van der Waals surface area contributed by atoms with Crippen molar-refractivity contribution in [3.8, 4) is 17.2 Å². The van der Waals surface area contributed by atoms with E-state index >= 15 is 0 Å². The van der Waals surface area contributed by atoms with Crippen molar-refractivity contribution in [2.24, 2.45) is 0 Å². The predicted molar refractivity (Wildman–Crippen MR) is 138 cm³/mol. The molecule has 0 fully saturated rings. The lowest BCUT2D eigenvalue weighted by atomic mass is 9.87. The first-order chi connectivity index (χ1) is 17.5. The van der Waals surface area contributed by atoms with Gasteiger partial charge in [0.05, 0.1) is 27.4 Å². The lowest BCUT2D eigenvalue weighted by molar-refractivity contribution is -0.116. The number of carbonyl (C=O) groups is 2. The molecule has 0 bridgehead atoms. The largest absolute Gasteiger partial charge is 0.497 e. The van der Waals surface area contributed by atoms with Crippen molar-refractivity contribution in [3.63, 3.8) is 0 Å². The molecule has 3 amide bonds. The van der Waals surface area contributed by atoms with E-state index < -0.39 is 0 Å². The molecule has 0 spiro atoms. The van der Waals surface area contributed by atoms with Crippen LogP contribution in [0, 0.1) is 0 Å². The smallest absolute Gasteiger partial charge is 0.318 e. The number of hydrogen-bond donors (Lipinski definition) is 2. The second-order valence-electron chi connectivity index (χ2n) is 8.42. The molecule has 0 aromatic heterocycles. The summed E-state index contributed by atoms with van der Waals surface area (Å²) >= 11 is 0. The number of rotatable bonds is 8. The summed E-state index contributed by atoms with van der Waals surface area (Å²) in [5, 5.41) is 5.75. The Bertz CT molecular complexity index is 1200. The number of nitrogens with zero attached hydrogens (tertiary/aromatic N) is 1. The fraction of sp³-hybridized carbons (Fsp3) is 0.286. The molecule has 1 aliphatic rings. The minimum absolute atomic E-state index is 0.158. The molecule has 188 valence electrons. The van der Waals surface area contributed by atoms with Gasteiger partial charge in [0, 0.05) is 25.2 Å². The van der Waals surface area contributed by atoms with Crippen molar-refractivity contribution in [2.75, 3.05) is 39.7 Å². The third kappa shape index (κ3) is 5.54. The Balaban J connectivity index is 1.53. The molecule has 1 atom stereocenters. The van der Waals surface area contributed by atoms with E-state index in [0.29, 0.717) is 24.5 Å². The van der Waals surface area contributed by atoms with E-state index in [2.05, 4.69) is 10.6 Å². The maximum atomic E-state index is 13.3. The first-order valence-corrected chi connectivity index (χ1v) is 11.8. The number of amides is 3. The summed E-state index contributed by atoms with van der Waals surface area (Å²) in [7, 11) is 4.83. The van der Waals surface area contributed by atoms with Gasteiger partial charge in [-0.2, -0.15) is 0 Å². The van der Waals surface area contributed by atoms with Gasteiger partial charge in [-0.3, -0.25) is 4.79 Å². The van der Waals surface area contributed by atoms with E-state index in [-0.39, 0.29) is 30.9 Å². The highest BCUT2D eigenvalue weighted by Gasteiger charge is 2.33. The molecule has 2 N–H and O–H groups in total. The van der Waals surface area contributed by atoms with Gasteiger partial charge in [0.2, 0.25) is 5.91 Å². The Morgan fingerprint density at radius 3 is 2.28 bits per heavy atom. The van der Waals surface area contributed by atoms with E-state index in [1.54, 1.807) is 26.2 Å². The molecule has 3 aromatic rings. The number of fused-ring (bicyclic) bond motifs is 1. The zero-order valence-corrected chi connectivity index (χ0v) is 20.7. The lowest BCUT2D eigenvalue weighted by Gasteiger charge is -2.38. The number of ether oxygens (including phenoxy) is 3. The van der Waals surface area contributed by atoms with Gasteiger partial charge in [0.15, 0.2) is 11.5 Å². The Hall–Kier alpha value is -4.20. The van der Waals surface area contributed by atoms with Crippen LogP contribution in [0.25, 0.3) is 0 Å². The third-order valence-electron chi connectivity index (χ3n) is 6.25. The average molecular weight is 490 g/mol. The van der Waals surface area contributed by atoms with Gasteiger partial charge in [0.1, 0.15) is 5.75 Å². The molecule has 1 aliphatic heterocycles. The minimum atomic E-state index is -0.336. The number of para-hydroxylation sites is 1. The van der Waals surface area contributed by atoms with Crippen LogP contribution in [0.2, 0.25) is 0 Å². The summed E-state index contributed by atoms with van der Waals surface area (Å²) in [5.41, 5.74) is 3.74. The quantitative estimate of drug-likeness (QED) is 0.490. The second kappa shape index (κ2) is 11.5. The Morgan fingerprint density at radius 2 is 1.61 bits per heavy atom. The lowest BCUT2D eigenvalue weighted by Crippen LogP contribution is -2.46. The van der Waals surface area contributed by atoms with Crippen LogP contribution >= 0.6 is 0 Å². The fourth-order valence-electron chi connectivity index (χ4n) is 4.44. The number of nitrogens with one attached hydrogen (secondary N) is 2. The number of benzene rings is 3. The van der Waals surface area contributed by atoms with Crippen molar-refractivity contribution in [3.05, 3.63) is 83.4 Å². The normalized spacial score (nSPS) is 14.4. The molecule has 0 saturated heterocycles. The van der Waals surface area contributed by atoms with E-state index in [9.17, 15) is 9.59 Å². The molecule has 1 unspecified atom stereocenters. The number of carbonyl (C=O) groups excluding carboxylic acids is 2. The van der Waals surface area contributed by atoms with Crippen LogP contribution in [-0.2, 0) is 11.2 Å². The van der Waals surface area contributed by atoms with Crippen molar-refractivity contribution >= 4 is 17.6 Å². The monoisotopic (exact) mass is 489 g/mol. The van der Waals surface area contributed by atoms with Crippen molar-refractivity contribution in [2.45, 2.75) is 18.9 Å². The van der Waals surface area contributed by atoms with Gasteiger partial charge in [-0.1, -0.05) is 30.3 Å². The molecule has 0 saturated carbocycles. The molecule has 8 nitrogen and oxygen atoms in total. The summed E-state index contributed by atoms with van der Waals surface area (Å²) in [6.45, 7) is 0.739. The molecular weight excluding hydrogens is 458 g/mol. The van der Waals surface area contributed by atoms with Crippen LogP contribution < -0.4 is 24.8 Å². The van der Waals surface area contributed by atoms with Crippen molar-refractivity contribution in [1.29, 1.82) is 0 Å². The van der Waals surface area contributed by atoms with Crippen LogP contribution in [0.4, 0.5) is 10.5 Å². The van der Waals surface area contributed by atoms with Crippen LogP contribution in [-0.4, -0.2) is 51.3 Å². The molecule has 4 rings (SSSR count). The van der Waals surface area contributed by atoms with E-state index in [1.165, 1.54) is 0 Å². The van der Waals surface area contributed by atoms with Crippen molar-refractivity contribution in [1.82, 2.24) is 10.2 Å². The second-order valence-corrected chi connectivity index (χ2v) is 8.42. The predicted octanol–water partition coefficient (Wildman–Crippen LogP) is 4.40. The number of hydrogen-bond acceptors (Lipinski definition) is 5. The van der Waals surface area contributed by atoms with E-state index in [4.69, 9.17) is 14.2 Å². The molecule has 8 heteroatoms. The Kier molecular flexibility index (Phi) is 7.95. The van der Waals surface area contributed by atoms with Gasteiger partial charge in [0.25, 0.3) is 0 Å². The topological polar surface area (TPSA) is 89.1 Å². The fourth-order valence-corrected chi connectivity index (χ4v) is 4.44. The van der Waals surface area contributed by atoms with Gasteiger partial charge < -0.3 is 29.7 Å². The van der Waals surface area contributed by atoms with Crippen LogP contribution in [0.1, 0.15) is 29.2 Å². The summed E-state index contributed by atoms with van der Waals surface area (Å²) in [4.78, 5) is 27.4.